The summed E-state index contributed by atoms with van der Waals surface area (Å²) in [7, 11) is 3.09. The number of carboxylic acids is 1. The highest BCUT2D eigenvalue weighted by Crippen LogP contribution is 2.36. The van der Waals surface area contributed by atoms with E-state index in [9.17, 15) is 9.59 Å². The van der Waals surface area contributed by atoms with Gasteiger partial charge in [0.1, 0.15) is 5.75 Å². The minimum atomic E-state index is -1.03. The van der Waals surface area contributed by atoms with Crippen molar-refractivity contribution < 1.29 is 19.4 Å². The van der Waals surface area contributed by atoms with Gasteiger partial charge in [0.05, 0.1) is 24.8 Å². The van der Waals surface area contributed by atoms with Crippen molar-refractivity contribution >= 4 is 17.6 Å². The van der Waals surface area contributed by atoms with Crippen molar-refractivity contribution in [1.82, 2.24) is 0 Å². The van der Waals surface area contributed by atoms with E-state index < -0.39 is 5.97 Å². The number of hydrogen-bond donors (Lipinski definition) is 1. The quantitative estimate of drug-likeness (QED) is 0.806. The van der Waals surface area contributed by atoms with Gasteiger partial charge in [0, 0.05) is 12.6 Å². The molecule has 16 heavy (non-hydrogen) atoms. The van der Waals surface area contributed by atoms with Gasteiger partial charge in [-0.3, -0.25) is 4.79 Å². The molecule has 1 aliphatic heterocycles. The standard InChI is InChI=1S/C11H11NO4/c1-12-8-3-6(11(14)15)4-9(16-2)7(8)5-10(12)13/h3-4H,5H2,1-2H3,(H,14,15). The van der Waals surface area contributed by atoms with Crippen LogP contribution in [0, 0.1) is 0 Å². The van der Waals surface area contributed by atoms with Crippen molar-refractivity contribution in [2.24, 2.45) is 0 Å². The monoisotopic (exact) mass is 221 g/mol. The lowest BCUT2D eigenvalue weighted by molar-refractivity contribution is -0.117. The van der Waals surface area contributed by atoms with Crippen LogP contribution in [0.4, 0.5) is 5.69 Å². The molecule has 1 aromatic carbocycles. The molecule has 5 nitrogen and oxygen atoms in total. The molecule has 0 saturated carbocycles. The Morgan fingerprint density at radius 1 is 1.50 bits per heavy atom. The van der Waals surface area contributed by atoms with Gasteiger partial charge in [0.25, 0.3) is 0 Å². The number of aromatic carboxylic acids is 1. The second kappa shape index (κ2) is 3.52. The summed E-state index contributed by atoms with van der Waals surface area (Å²) >= 11 is 0. The average Bonchev–Trinajstić information content (AvgIpc) is 2.54. The zero-order chi connectivity index (χ0) is 11.9. The number of methoxy groups -OCH3 is 1. The Bertz CT molecular complexity index is 481. The molecule has 0 spiro atoms. The van der Waals surface area contributed by atoms with E-state index in [2.05, 4.69) is 0 Å². The highest BCUT2D eigenvalue weighted by Gasteiger charge is 2.28. The summed E-state index contributed by atoms with van der Waals surface area (Å²) in [6.45, 7) is 0. The zero-order valence-electron chi connectivity index (χ0n) is 8.98. The van der Waals surface area contributed by atoms with Crippen LogP contribution in [0.15, 0.2) is 12.1 Å². The van der Waals surface area contributed by atoms with E-state index in [0.717, 1.165) is 5.56 Å². The predicted octanol–water partition coefficient (Wildman–Crippen LogP) is 0.912. The molecule has 1 N–H and O–H groups in total. The lowest BCUT2D eigenvalue weighted by atomic mass is 10.1. The van der Waals surface area contributed by atoms with Gasteiger partial charge < -0.3 is 14.7 Å². The maximum Gasteiger partial charge on any atom is 0.335 e. The molecule has 84 valence electrons. The average molecular weight is 221 g/mol. The molecule has 1 heterocycles. The Balaban J connectivity index is 2.62. The van der Waals surface area contributed by atoms with Gasteiger partial charge in [0.2, 0.25) is 5.91 Å². The lowest BCUT2D eigenvalue weighted by Gasteiger charge is -2.12. The van der Waals surface area contributed by atoms with E-state index in [-0.39, 0.29) is 17.9 Å². The summed E-state index contributed by atoms with van der Waals surface area (Å²) in [4.78, 5) is 23.9. The third kappa shape index (κ3) is 1.41. The van der Waals surface area contributed by atoms with Crippen molar-refractivity contribution in [3.05, 3.63) is 23.3 Å². The Morgan fingerprint density at radius 2 is 2.19 bits per heavy atom. The van der Waals surface area contributed by atoms with Crippen molar-refractivity contribution in [3.8, 4) is 5.75 Å². The minimum Gasteiger partial charge on any atom is -0.496 e. The van der Waals surface area contributed by atoms with E-state index in [1.807, 2.05) is 0 Å². The number of nitrogens with zero attached hydrogens (tertiary/aromatic N) is 1. The number of carboxylic acid groups (broad SMARTS) is 1. The smallest absolute Gasteiger partial charge is 0.335 e. The molecule has 1 amide bonds. The van der Waals surface area contributed by atoms with Crippen LogP contribution in [-0.4, -0.2) is 31.1 Å². The van der Waals surface area contributed by atoms with Gasteiger partial charge >= 0.3 is 5.97 Å². The van der Waals surface area contributed by atoms with Crippen LogP contribution in [-0.2, 0) is 11.2 Å². The van der Waals surface area contributed by atoms with Gasteiger partial charge in [-0.25, -0.2) is 4.79 Å². The molecular formula is C11H11NO4. The number of fused-ring (bicyclic) bond motifs is 1. The summed E-state index contributed by atoms with van der Waals surface area (Å²) in [5.74, 6) is -0.641. The maximum atomic E-state index is 11.5. The van der Waals surface area contributed by atoms with Crippen LogP contribution in [0.3, 0.4) is 0 Å². The number of amides is 1. The number of anilines is 1. The molecule has 1 aliphatic rings. The Labute approximate surface area is 92.2 Å². The zero-order valence-corrected chi connectivity index (χ0v) is 8.98. The van der Waals surface area contributed by atoms with E-state index in [4.69, 9.17) is 9.84 Å². The van der Waals surface area contributed by atoms with E-state index >= 15 is 0 Å². The molecule has 5 heteroatoms. The van der Waals surface area contributed by atoms with Crippen molar-refractivity contribution in [2.45, 2.75) is 6.42 Å². The third-order valence-corrected chi connectivity index (χ3v) is 2.72. The maximum absolute atomic E-state index is 11.5. The van der Waals surface area contributed by atoms with E-state index in [1.165, 1.54) is 24.1 Å². The van der Waals surface area contributed by atoms with E-state index in [1.54, 1.807) is 7.05 Å². The topological polar surface area (TPSA) is 66.8 Å². The van der Waals surface area contributed by atoms with Gasteiger partial charge in [0.15, 0.2) is 0 Å². The molecule has 0 unspecified atom stereocenters. The number of carbonyl (C=O) groups excluding carboxylic acids is 1. The number of rotatable bonds is 2. The number of benzene rings is 1. The molecule has 0 radical (unpaired) electrons. The first-order chi connectivity index (χ1) is 7.54. The van der Waals surface area contributed by atoms with Crippen LogP contribution in [0.5, 0.6) is 5.75 Å². The van der Waals surface area contributed by atoms with Crippen LogP contribution in [0.2, 0.25) is 0 Å². The molecule has 0 fully saturated rings. The second-order valence-corrected chi connectivity index (χ2v) is 3.61. The predicted molar refractivity (Wildman–Crippen MR) is 57.1 cm³/mol. The van der Waals surface area contributed by atoms with Crippen LogP contribution in [0.1, 0.15) is 15.9 Å². The summed E-state index contributed by atoms with van der Waals surface area (Å²) in [5, 5.41) is 8.93. The third-order valence-electron chi connectivity index (χ3n) is 2.72. The first-order valence-electron chi connectivity index (χ1n) is 4.75. The van der Waals surface area contributed by atoms with Gasteiger partial charge in [-0.1, -0.05) is 0 Å². The van der Waals surface area contributed by atoms with Gasteiger partial charge in [-0.05, 0) is 12.1 Å². The lowest BCUT2D eigenvalue weighted by Crippen LogP contribution is -2.20. The van der Waals surface area contributed by atoms with Crippen LogP contribution in [0.25, 0.3) is 0 Å². The number of hydrogen-bond acceptors (Lipinski definition) is 3. The first-order valence-corrected chi connectivity index (χ1v) is 4.75. The Hall–Kier alpha value is -2.04. The summed E-state index contributed by atoms with van der Waals surface area (Å²) in [6.07, 6.45) is 0.259. The van der Waals surface area contributed by atoms with Crippen molar-refractivity contribution in [3.63, 3.8) is 0 Å². The summed E-state index contributed by atoms with van der Waals surface area (Å²) in [5.41, 5.74) is 1.49. The fraction of sp³-hybridized carbons (Fsp3) is 0.273. The molecule has 0 bridgehead atoms. The number of likely N-dealkylation sites (N-methyl/N-ethyl adjacent to an activating group) is 1. The molecule has 0 aliphatic carbocycles. The second-order valence-electron chi connectivity index (χ2n) is 3.61. The first kappa shape index (κ1) is 10.5. The largest absolute Gasteiger partial charge is 0.496 e. The fourth-order valence-corrected chi connectivity index (χ4v) is 1.82. The highest BCUT2D eigenvalue weighted by molar-refractivity contribution is 6.03. The Kier molecular flexibility index (Phi) is 2.30. The number of ether oxygens (including phenoxy) is 1. The van der Waals surface area contributed by atoms with Gasteiger partial charge in [-0.15, -0.1) is 0 Å². The Morgan fingerprint density at radius 3 is 2.75 bits per heavy atom. The molecule has 0 saturated heterocycles. The molecule has 2 rings (SSSR count). The van der Waals surface area contributed by atoms with Crippen LogP contribution >= 0.6 is 0 Å². The molecule has 0 atom stereocenters. The molecule has 0 aromatic heterocycles. The van der Waals surface area contributed by atoms with Crippen molar-refractivity contribution in [2.75, 3.05) is 19.1 Å². The molecule has 1 aromatic rings. The summed E-state index contributed by atoms with van der Waals surface area (Å²) in [6, 6.07) is 2.93. The fourth-order valence-electron chi connectivity index (χ4n) is 1.82. The van der Waals surface area contributed by atoms with Crippen molar-refractivity contribution in [1.29, 1.82) is 0 Å². The SMILES string of the molecule is COc1cc(C(=O)O)cc2c1CC(=O)N2C. The number of carbonyl (C=O) groups is 2. The van der Waals surface area contributed by atoms with E-state index in [0.29, 0.717) is 11.4 Å². The minimum absolute atomic E-state index is 0.0594. The highest BCUT2D eigenvalue weighted by atomic mass is 16.5. The molecular weight excluding hydrogens is 210 g/mol. The van der Waals surface area contributed by atoms with Crippen LogP contribution < -0.4 is 9.64 Å². The van der Waals surface area contributed by atoms with Gasteiger partial charge in [-0.2, -0.15) is 0 Å². The summed E-state index contributed by atoms with van der Waals surface area (Å²) < 4.78 is 5.10. The normalized spacial score (nSPS) is 13.9.